The number of anilines is 1. The average Bonchev–Trinajstić information content (AvgIpc) is 2.74. The zero-order valence-electron chi connectivity index (χ0n) is 17.7. The fourth-order valence-electron chi connectivity index (χ4n) is 4.90. The molecule has 160 valence electrons. The van der Waals surface area contributed by atoms with Crippen molar-refractivity contribution in [2.45, 2.75) is 25.0 Å². The SMILES string of the molecule is CN(C)C(=O)N1CC[C@]2(O)CCN(Cc3cccc(N4CCOCC4)c3)C[C@@H]2C1. The van der Waals surface area contributed by atoms with Gasteiger partial charge >= 0.3 is 6.03 Å². The Morgan fingerprint density at radius 2 is 1.93 bits per heavy atom. The van der Waals surface area contributed by atoms with E-state index in [-0.39, 0.29) is 11.9 Å². The molecule has 0 radical (unpaired) electrons. The van der Waals surface area contributed by atoms with Gasteiger partial charge in [-0.15, -0.1) is 0 Å². The van der Waals surface area contributed by atoms with Crippen LogP contribution in [0.1, 0.15) is 18.4 Å². The average molecular weight is 403 g/mol. The summed E-state index contributed by atoms with van der Waals surface area (Å²) in [6, 6.07) is 8.83. The summed E-state index contributed by atoms with van der Waals surface area (Å²) >= 11 is 0. The van der Waals surface area contributed by atoms with Gasteiger partial charge in [-0.05, 0) is 30.5 Å². The number of hydrogen-bond donors (Lipinski definition) is 1. The second-order valence-corrected chi connectivity index (χ2v) is 8.93. The highest BCUT2D eigenvalue weighted by Gasteiger charge is 2.46. The van der Waals surface area contributed by atoms with Gasteiger partial charge in [0.15, 0.2) is 0 Å². The molecule has 3 fully saturated rings. The summed E-state index contributed by atoms with van der Waals surface area (Å²) in [7, 11) is 3.58. The summed E-state index contributed by atoms with van der Waals surface area (Å²) in [5.74, 6) is 0.108. The first kappa shape index (κ1) is 20.4. The molecule has 0 aromatic heterocycles. The largest absolute Gasteiger partial charge is 0.389 e. The number of nitrogens with zero attached hydrogens (tertiary/aromatic N) is 4. The lowest BCUT2D eigenvalue weighted by Gasteiger charge is -2.50. The van der Waals surface area contributed by atoms with Crippen LogP contribution < -0.4 is 4.90 Å². The van der Waals surface area contributed by atoms with Gasteiger partial charge < -0.3 is 24.5 Å². The van der Waals surface area contributed by atoms with Gasteiger partial charge in [0.05, 0.1) is 18.8 Å². The molecule has 1 aromatic rings. The molecule has 3 heterocycles. The number of urea groups is 1. The second kappa shape index (κ2) is 8.50. The summed E-state index contributed by atoms with van der Waals surface area (Å²) in [4.78, 5) is 20.7. The van der Waals surface area contributed by atoms with E-state index in [1.807, 2.05) is 4.90 Å². The normalized spacial score (nSPS) is 28.2. The molecule has 1 N–H and O–H groups in total. The minimum absolute atomic E-state index is 0.0439. The molecular weight excluding hydrogens is 368 g/mol. The molecule has 1 aromatic carbocycles. The standard InChI is InChI=1S/C22H34N4O3/c1-23(2)21(27)26-9-7-22(28)6-8-24(16-19(22)17-26)15-18-4-3-5-20(14-18)25-10-12-29-13-11-25/h3-5,14,19,28H,6-13,15-17H2,1-2H3/t19-,22-/m1/s1. The lowest BCUT2D eigenvalue weighted by atomic mass is 9.75. The molecule has 0 spiro atoms. The van der Waals surface area contributed by atoms with Crippen molar-refractivity contribution in [1.82, 2.24) is 14.7 Å². The molecule has 0 saturated carbocycles. The first-order chi connectivity index (χ1) is 13.9. The van der Waals surface area contributed by atoms with Crippen LogP contribution in [0.2, 0.25) is 0 Å². The Morgan fingerprint density at radius 1 is 1.17 bits per heavy atom. The van der Waals surface area contributed by atoms with E-state index in [0.717, 1.165) is 52.4 Å². The van der Waals surface area contributed by atoms with Crippen LogP contribution in [0.25, 0.3) is 0 Å². The van der Waals surface area contributed by atoms with E-state index in [1.165, 1.54) is 11.3 Å². The van der Waals surface area contributed by atoms with Gasteiger partial charge in [-0.1, -0.05) is 12.1 Å². The molecule has 0 bridgehead atoms. The van der Waals surface area contributed by atoms with Crippen molar-refractivity contribution in [2.24, 2.45) is 5.92 Å². The van der Waals surface area contributed by atoms with Crippen LogP contribution in [0.5, 0.6) is 0 Å². The predicted molar refractivity (Wildman–Crippen MR) is 113 cm³/mol. The molecular formula is C22H34N4O3. The number of hydrogen-bond acceptors (Lipinski definition) is 5. The van der Waals surface area contributed by atoms with Gasteiger partial charge in [0.25, 0.3) is 0 Å². The Labute approximate surface area is 173 Å². The first-order valence-electron chi connectivity index (χ1n) is 10.8. The summed E-state index contributed by atoms with van der Waals surface area (Å²) in [6.45, 7) is 7.36. The maximum atomic E-state index is 12.4. The van der Waals surface area contributed by atoms with Crippen LogP contribution in [-0.2, 0) is 11.3 Å². The number of rotatable bonds is 3. The number of benzene rings is 1. The molecule has 29 heavy (non-hydrogen) atoms. The quantitative estimate of drug-likeness (QED) is 0.830. The Bertz CT molecular complexity index is 722. The van der Waals surface area contributed by atoms with Gasteiger partial charge in [0.1, 0.15) is 0 Å². The third-order valence-electron chi connectivity index (χ3n) is 6.70. The van der Waals surface area contributed by atoms with E-state index in [2.05, 4.69) is 34.1 Å². The zero-order chi connectivity index (χ0) is 20.4. The number of morpholine rings is 1. The maximum Gasteiger partial charge on any atom is 0.319 e. The molecule has 0 unspecified atom stereocenters. The number of ether oxygens (including phenoxy) is 1. The second-order valence-electron chi connectivity index (χ2n) is 8.93. The number of aliphatic hydroxyl groups is 1. The van der Waals surface area contributed by atoms with Crippen molar-refractivity contribution in [3.05, 3.63) is 29.8 Å². The van der Waals surface area contributed by atoms with Gasteiger partial charge in [-0.25, -0.2) is 4.79 Å². The summed E-state index contributed by atoms with van der Waals surface area (Å²) in [6.07, 6.45) is 1.46. The molecule has 0 aliphatic carbocycles. The molecule has 3 aliphatic heterocycles. The van der Waals surface area contributed by atoms with Crippen LogP contribution in [0.4, 0.5) is 10.5 Å². The molecule has 2 amide bonds. The maximum absolute atomic E-state index is 12.4. The molecule has 3 aliphatic rings. The molecule has 2 atom stereocenters. The minimum Gasteiger partial charge on any atom is -0.389 e. The Balaban J connectivity index is 1.40. The Hall–Kier alpha value is -1.83. The van der Waals surface area contributed by atoms with Crippen molar-refractivity contribution in [3.63, 3.8) is 0 Å². The van der Waals surface area contributed by atoms with E-state index >= 15 is 0 Å². The van der Waals surface area contributed by atoms with E-state index in [4.69, 9.17) is 4.74 Å². The van der Waals surface area contributed by atoms with Crippen LogP contribution >= 0.6 is 0 Å². The number of carbonyl (C=O) groups excluding carboxylic acids is 1. The van der Waals surface area contributed by atoms with Gasteiger partial charge in [-0.2, -0.15) is 0 Å². The highest BCUT2D eigenvalue weighted by Crippen LogP contribution is 2.36. The van der Waals surface area contributed by atoms with E-state index in [0.29, 0.717) is 19.5 Å². The highest BCUT2D eigenvalue weighted by molar-refractivity contribution is 5.74. The minimum atomic E-state index is -0.630. The smallest absolute Gasteiger partial charge is 0.319 e. The lowest BCUT2D eigenvalue weighted by Crippen LogP contribution is -2.61. The number of carbonyl (C=O) groups is 1. The van der Waals surface area contributed by atoms with Crippen molar-refractivity contribution in [3.8, 4) is 0 Å². The highest BCUT2D eigenvalue weighted by atomic mass is 16.5. The third-order valence-corrected chi connectivity index (χ3v) is 6.70. The Morgan fingerprint density at radius 3 is 2.69 bits per heavy atom. The molecule has 7 heteroatoms. The number of likely N-dealkylation sites (tertiary alicyclic amines) is 2. The lowest BCUT2D eigenvalue weighted by molar-refractivity contribution is -0.108. The summed E-state index contributed by atoms with van der Waals surface area (Å²) in [5.41, 5.74) is 1.94. The van der Waals surface area contributed by atoms with E-state index < -0.39 is 5.60 Å². The molecule has 7 nitrogen and oxygen atoms in total. The summed E-state index contributed by atoms with van der Waals surface area (Å²) in [5, 5.41) is 11.1. The Kier molecular flexibility index (Phi) is 5.99. The van der Waals surface area contributed by atoms with Crippen LogP contribution in [0, 0.1) is 5.92 Å². The first-order valence-corrected chi connectivity index (χ1v) is 10.8. The van der Waals surface area contributed by atoms with Crippen LogP contribution in [-0.4, -0.2) is 98.0 Å². The van der Waals surface area contributed by atoms with Crippen molar-refractivity contribution in [2.75, 3.05) is 71.5 Å². The fraction of sp³-hybridized carbons (Fsp3) is 0.682. The van der Waals surface area contributed by atoms with E-state index in [9.17, 15) is 9.90 Å². The monoisotopic (exact) mass is 402 g/mol. The summed E-state index contributed by atoms with van der Waals surface area (Å²) < 4.78 is 5.47. The van der Waals surface area contributed by atoms with Crippen LogP contribution in [0.3, 0.4) is 0 Å². The third kappa shape index (κ3) is 4.52. The number of piperidine rings is 2. The molecule has 3 saturated heterocycles. The van der Waals surface area contributed by atoms with Crippen molar-refractivity contribution < 1.29 is 14.6 Å². The van der Waals surface area contributed by atoms with Gasteiger partial charge in [0.2, 0.25) is 0 Å². The topological polar surface area (TPSA) is 59.5 Å². The van der Waals surface area contributed by atoms with Gasteiger partial charge in [-0.3, -0.25) is 4.90 Å². The predicted octanol–water partition coefficient (Wildman–Crippen LogP) is 1.46. The number of amides is 2. The number of fused-ring (bicyclic) bond motifs is 1. The van der Waals surface area contributed by atoms with E-state index in [1.54, 1.807) is 19.0 Å². The van der Waals surface area contributed by atoms with Crippen molar-refractivity contribution in [1.29, 1.82) is 0 Å². The van der Waals surface area contributed by atoms with Crippen molar-refractivity contribution >= 4 is 11.7 Å². The zero-order valence-corrected chi connectivity index (χ0v) is 17.7. The molecule has 4 rings (SSSR count). The van der Waals surface area contributed by atoms with Gasteiger partial charge in [0, 0.05) is 71.5 Å². The fourth-order valence-corrected chi connectivity index (χ4v) is 4.90. The van der Waals surface area contributed by atoms with Crippen LogP contribution in [0.15, 0.2) is 24.3 Å².